The number of nitrogens with zero attached hydrogens (tertiary/aromatic N) is 3. The second-order valence-electron chi connectivity index (χ2n) is 17.4. The Bertz CT molecular complexity index is 4210. The normalized spacial score (nSPS) is 14.2. The average Bonchev–Trinajstić information content (AvgIpc) is 3.91. The molecular weight excluding hydrogens is 805 g/mol. The van der Waals surface area contributed by atoms with Gasteiger partial charge in [0.25, 0.3) is 0 Å². The monoisotopic (exact) mass is 842 g/mol. The maximum atomic E-state index is 6.96. The van der Waals surface area contributed by atoms with Gasteiger partial charge in [-0.3, -0.25) is 0 Å². The maximum absolute atomic E-state index is 6.96. The largest absolute Gasteiger partial charge is 0.456 e. The van der Waals surface area contributed by atoms with Gasteiger partial charge in [-0.15, -0.1) is 0 Å². The van der Waals surface area contributed by atoms with Crippen LogP contribution in [0.15, 0.2) is 233 Å². The Labute approximate surface area is 379 Å². The predicted molar refractivity (Wildman–Crippen MR) is 275 cm³/mol. The lowest BCUT2D eigenvalue weighted by molar-refractivity contribution is 0.668. The lowest BCUT2D eigenvalue weighted by Crippen LogP contribution is -2.33. The SMILES string of the molecule is c1ccc(-c2cccc(C3N=C(c4cc(-n5c6ccccc6c6cc7ccccc7cc65)cc5oc6cc7ccccc7cc6c45)N=C(c4ccc5c(ccc6ccccc65)c4)N3)c2)cc1. The van der Waals surface area contributed by atoms with E-state index in [-0.39, 0.29) is 0 Å². The van der Waals surface area contributed by atoms with Gasteiger partial charge in [-0.25, -0.2) is 9.98 Å². The molecule has 0 radical (unpaired) electrons. The van der Waals surface area contributed by atoms with Gasteiger partial charge in [0, 0.05) is 38.7 Å². The summed E-state index contributed by atoms with van der Waals surface area (Å²) in [6.07, 6.45) is -0.444. The standard InChI is InChI=1S/C61H38N4O/c1-2-13-37(14-3-1)39-20-12-21-45(29-39)59-62-60(46-27-28-49-44(30-46)26-25-38-15-8-9-22-48(38)49)64-61(63-59)53-35-47(36-57-58(53)52-32-41-17-5-7-19-43(41)34-56(52)66-57)65-54-24-11-10-23-50(54)51-31-40-16-4-6-18-42(40)33-55(51)65/h1-36,59H,(H,62,63,64). The number of amidine groups is 2. The van der Waals surface area contributed by atoms with Gasteiger partial charge in [-0.05, 0) is 108 Å². The van der Waals surface area contributed by atoms with Crippen molar-refractivity contribution < 1.29 is 4.42 Å². The Morgan fingerprint density at radius 3 is 1.91 bits per heavy atom. The smallest absolute Gasteiger partial charge is 0.160 e. The zero-order valence-corrected chi connectivity index (χ0v) is 35.6. The number of furan rings is 1. The molecule has 0 saturated heterocycles. The van der Waals surface area contributed by atoms with E-state index in [0.29, 0.717) is 5.84 Å². The quantitative estimate of drug-likeness (QED) is 0.176. The highest BCUT2D eigenvalue weighted by Gasteiger charge is 2.26. The topological polar surface area (TPSA) is 54.8 Å². The van der Waals surface area contributed by atoms with Crippen LogP contribution < -0.4 is 5.32 Å². The second kappa shape index (κ2) is 14.4. The molecule has 0 bridgehead atoms. The van der Waals surface area contributed by atoms with E-state index in [4.69, 9.17) is 14.4 Å². The number of benzene rings is 11. The molecule has 1 aliphatic heterocycles. The number of aromatic nitrogens is 1. The maximum Gasteiger partial charge on any atom is 0.160 e. The first kappa shape index (κ1) is 36.7. The van der Waals surface area contributed by atoms with E-state index in [1.807, 2.05) is 0 Å². The van der Waals surface area contributed by atoms with Crippen molar-refractivity contribution >= 4 is 98.5 Å². The van der Waals surface area contributed by atoms with Crippen LogP contribution in [0.4, 0.5) is 0 Å². The number of para-hydroxylation sites is 1. The van der Waals surface area contributed by atoms with Gasteiger partial charge in [0.15, 0.2) is 5.84 Å². The third-order valence-electron chi connectivity index (χ3n) is 13.5. The molecule has 1 N–H and O–H groups in total. The second-order valence-corrected chi connectivity index (χ2v) is 17.4. The van der Waals surface area contributed by atoms with Crippen molar-refractivity contribution in [2.45, 2.75) is 6.17 Å². The minimum Gasteiger partial charge on any atom is -0.456 e. The summed E-state index contributed by atoms with van der Waals surface area (Å²) in [4.78, 5) is 11.1. The molecule has 13 aromatic rings. The molecule has 14 rings (SSSR count). The number of hydrogen-bond donors (Lipinski definition) is 1. The van der Waals surface area contributed by atoms with Gasteiger partial charge < -0.3 is 14.3 Å². The van der Waals surface area contributed by atoms with E-state index in [9.17, 15) is 0 Å². The van der Waals surface area contributed by atoms with Gasteiger partial charge in [0.05, 0.1) is 16.7 Å². The summed E-state index contributed by atoms with van der Waals surface area (Å²) in [7, 11) is 0. The zero-order chi connectivity index (χ0) is 43.3. The molecule has 0 saturated carbocycles. The van der Waals surface area contributed by atoms with E-state index < -0.39 is 6.17 Å². The fourth-order valence-electron chi connectivity index (χ4n) is 10.4. The van der Waals surface area contributed by atoms with Gasteiger partial charge in [0.1, 0.15) is 23.2 Å². The molecule has 5 nitrogen and oxygen atoms in total. The van der Waals surface area contributed by atoms with Gasteiger partial charge >= 0.3 is 0 Å². The molecule has 2 aromatic heterocycles. The van der Waals surface area contributed by atoms with Crippen LogP contribution in [0.3, 0.4) is 0 Å². The highest BCUT2D eigenvalue weighted by atomic mass is 16.3. The number of fused-ring (bicyclic) bond motifs is 11. The van der Waals surface area contributed by atoms with E-state index in [2.05, 4.69) is 228 Å². The number of aliphatic imine (C=N–C) groups is 2. The molecule has 0 fully saturated rings. The van der Waals surface area contributed by atoms with Crippen LogP contribution in [-0.2, 0) is 0 Å². The molecule has 0 aliphatic carbocycles. The lowest BCUT2D eigenvalue weighted by atomic mass is 9.98. The van der Waals surface area contributed by atoms with Crippen LogP contribution in [0.2, 0.25) is 0 Å². The minimum atomic E-state index is -0.444. The molecule has 1 aliphatic rings. The summed E-state index contributed by atoms with van der Waals surface area (Å²) in [6.45, 7) is 0. The van der Waals surface area contributed by atoms with Crippen LogP contribution in [-0.4, -0.2) is 16.2 Å². The molecule has 11 aromatic carbocycles. The predicted octanol–water partition coefficient (Wildman–Crippen LogP) is 15.5. The number of nitrogens with one attached hydrogen (secondary N) is 1. The zero-order valence-electron chi connectivity index (χ0n) is 35.6. The van der Waals surface area contributed by atoms with E-state index in [0.717, 1.165) is 88.5 Å². The van der Waals surface area contributed by atoms with Crippen LogP contribution in [0.1, 0.15) is 22.9 Å². The molecule has 5 heteroatoms. The number of hydrogen-bond acceptors (Lipinski definition) is 4. The molecule has 66 heavy (non-hydrogen) atoms. The summed E-state index contributed by atoms with van der Waals surface area (Å²) < 4.78 is 9.34. The highest BCUT2D eigenvalue weighted by molar-refractivity contribution is 6.24. The molecule has 3 heterocycles. The fourth-order valence-corrected chi connectivity index (χ4v) is 10.4. The van der Waals surface area contributed by atoms with Crippen LogP contribution in [0, 0.1) is 0 Å². The van der Waals surface area contributed by atoms with Crippen LogP contribution >= 0.6 is 0 Å². The van der Waals surface area contributed by atoms with Crippen LogP contribution in [0.25, 0.3) is 104 Å². The van der Waals surface area contributed by atoms with Gasteiger partial charge in [-0.2, -0.15) is 0 Å². The Hall–Kier alpha value is -8.80. The molecule has 1 unspecified atom stereocenters. The van der Waals surface area contributed by atoms with Crippen molar-refractivity contribution in [3.05, 3.63) is 235 Å². The first-order chi connectivity index (χ1) is 32.7. The molecule has 308 valence electrons. The summed E-state index contributed by atoms with van der Waals surface area (Å²) >= 11 is 0. The summed E-state index contributed by atoms with van der Waals surface area (Å²) in [6, 6.07) is 78.2. The first-order valence-electron chi connectivity index (χ1n) is 22.5. The summed E-state index contributed by atoms with van der Waals surface area (Å²) in [5.41, 5.74) is 10.0. The average molecular weight is 843 g/mol. The Morgan fingerprint density at radius 1 is 0.409 bits per heavy atom. The van der Waals surface area contributed by atoms with E-state index in [1.165, 1.54) is 37.7 Å². The third kappa shape index (κ3) is 5.80. The van der Waals surface area contributed by atoms with Crippen molar-refractivity contribution in [2.75, 3.05) is 0 Å². The summed E-state index contributed by atoms with van der Waals surface area (Å²) in [5.74, 6) is 1.39. The first-order valence-corrected chi connectivity index (χ1v) is 22.5. The van der Waals surface area contributed by atoms with Crippen molar-refractivity contribution in [3.63, 3.8) is 0 Å². The van der Waals surface area contributed by atoms with Crippen molar-refractivity contribution in [1.29, 1.82) is 0 Å². The Morgan fingerprint density at radius 2 is 1.08 bits per heavy atom. The van der Waals surface area contributed by atoms with E-state index in [1.54, 1.807) is 0 Å². The summed E-state index contributed by atoms with van der Waals surface area (Å²) in [5, 5.41) is 17.7. The molecule has 0 amide bonds. The number of rotatable bonds is 5. The van der Waals surface area contributed by atoms with Gasteiger partial charge in [0.2, 0.25) is 0 Å². The fraction of sp³-hybridized carbons (Fsp3) is 0.0164. The molecule has 1 atom stereocenters. The van der Waals surface area contributed by atoms with Crippen molar-refractivity contribution in [1.82, 2.24) is 9.88 Å². The molecular formula is C61H38N4O. The van der Waals surface area contributed by atoms with Crippen molar-refractivity contribution in [3.8, 4) is 16.8 Å². The van der Waals surface area contributed by atoms with Crippen LogP contribution in [0.5, 0.6) is 0 Å². The van der Waals surface area contributed by atoms with Gasteiger partial charge in [-0.1, -0.05) is 164 Å². The Balaban J connectivity index is 1.05. The molecule has 0 spiro atoms. The van der Waals surface area contributed by atoms with Crippen molar-refractivity contribution in [2.24, 2.45) is 9.98 Å². The lowest BCUT2D eigenvalue weighted by Gasteiger charge is -2.25. The minimum absolute atomic E-state index is 0.444. The highest BCUT2D eigenvalue weighted by Crippen LogP contribution is 2.41. The Kier molecular flexibility index (Phi) is 7.98. The van der Waals surface area contributed by atoms with E-state index >= 15 is 0 Å². The third-order valence-corrected chi connectivity index (χ3v) is 13.5.